The molecule has 3 heteroatoms. The molecule has 0 spiro atoms. The van der Waals surface area contributed by atoms with Crippen LogP contribution in [0.25, 0.3) is 0 Å². The topological polar surface area (TPSA) is 42.4 Å². The zero-order valence-electron chi connectivity index (χ0n) is 6.45. The van der Waals surface area contributed by atoms with Crippen LogP contribution >= 0.6 is 0 Å². The Morgan fingerprint density at radius 2 is 2.36 bits per heavy atom. The van der Waals surface area contributed by atoms with Gasteiger partial charge in [0.05, 0.1) is 18.5 Å². The van der Waals surface area contributed by atoms with Crippen molar-refractivity contribution in [3.8, 4) is 5.75 Å². The van der Waals surface area contributed by atoms with E-state index in [9.17, 15) is 0 Å². The minimum atomic E-state index is 0.185. The molecule has 1 N–H and O–H groups in total. The maximum atomic E-state index is 8.88. The molecule has 1 heterocycles. The lowest BCUT2D eigenvalue weighted by molar-refractivity contribution is 0.131. The standard InChI is InChI=1S/C8H11NO2/c1-2-11-6-7-3-4-8(10)5-9-7/h3-5,10H,2,6H2,1H3. The Hall–Kier alpha value is -1.09. The van der Waals surface area contributed by atoms with Crippen molar-refractivity contribution in [2.24, 2.45) is 0 Å². The van der Waals surface area contributed by atoms with Gasteiger partial charge in [-0.1, -0.05) is 0 Å². The fraction of sp³-hybridized carbons (Fsp3) is 0.375. The average Bonchev–Trinajstić information content (AvgIpc) is 2.04. The Bertz CT molecular complexity index is 208. The molecule has 0 bridgehead atoms. The summed E-state index contributed by atoms with van der Waals surface area (Å²) >= 11 is 0. The van der Waals surface area contributed by atoms with E-state index in [-0.39, 0.29) is 5.75 Å². The monoisotopic (exact) mass is 153 g/mol. The van der Waals surface area contributed by atoms with Gasteiger partial charge in [-0.3, -0.25) is 4.98 Å². The summed E-state index contributed by atoms with van der Waals surface area (Å²) in [6.07, 6.45) is 1.41. The first-order valence-electron chi connectivity index (χ1n) is 3.54. The molecule has 3 nitrogen and oxygen atoms in total. The largest absolute Gasteiger partial charge is 0.506 e. The number of aromatic hydroxyl groups is 1. The SMILES string of the molecule is CCOCc1ccc(O)cn1. The summed E-state index contributed by atoms with van der Waals surface area (Å²) < 4.78 is 5.12. The van der Waals surface area contributed by atoms with E-state index in [2.05, 4.69) is 4.98 Å². The van der Waals surface area contributed by atoms with Crippen LogP contribution in [-0.2, 0) is 11.3 Å². The number of hydrogen-bond acceptors (Lipinski definition) is 3. The molecule has 0 aliphatic carbocycles. The Morgan fingerprint density at radius 1 is 1.55 bits per heavy atom. The van der Waals surface area contributed by atoms with Crippen LogP contribution in [0.1, 0.15) is 12.6 Å². The van der Waals surface area contributed by atoms with Crippen molar-refractivity contribution in [2.75, 3.05) is 6.61 Å². The Morgan fingerprint density at radius 3 is 2.91 bits per heavy atom. The van der Waals surface area contributed by atoms with Gasteiger partial charge in [0.1, 0.15) is 5.75 Å². The molecule has 0 aliphatic heterocycles. The van der Waals surface area contributed by atoms with E-state index in [1.165, 1.54) is 6.20 Å². The Labute approximate surface area is 65.7 Å². The molecule has 1 rings (SSSR count). The molecule has 0 atom stereocenters. The number of nitrogens with zero attached hydrogens (tertiary/aromatic N) is 1. The highest BCUT2D eigenvalue weighted by atomic mass is 16.5. The average molecular weight is 153 g/mol. The van der Waals surface area contributed by atoms with Crippen LogP contribution in [0.2, 0.25) is 0 Å². The third kappa shape index (κ3) is 2.55. The Balaban J connectivity index is 2.52. The molecular weight excluding hydrogens is 142 g/mol. The lowest BCUT2D eigenvalue weighted by Crippen LogP contribution is -1.93. The van der Waals surface area contributed by atoms with Crippen LogP contribution in [0, 0.1) is 0 Å². The summed E-state index contributed by atoms with van der Waals surface area (Å²) in [5.74, 6) is 0.185. The highest BCUT2D eigenvalue weighted by Gasteiger charge is 1.92. The minimum absolute atomic E-state index is 0.185. The molecular formula is C8H11NO2. The third-order valence-electron chi connectivity index (χ3n) is 1.26. The highest BCUT2D eigenvalue weighted by Crippen LogP contribution is 2.06. The molecule has 0 amide bonds. The van der Waals surface area contributed by atoms with Crippen LogP contribution in [0.4, 0.5) is 0 Å². The smallest absolute Gasteiger partial charge is 0.133 e. The van der Waals surface area contributed by atoms with Gasteiger partial charge in [-0.2, -0.15) is 0 Å². The molecule has 0 saturated carbocycles. The van der Waals surface area contributed by atoms with Crippen molar-refractivity contribution < 1.29 is 9.84 Å². The quantitative estimate of drug-likeness (QED) is 0.712. The first-order valence-corrected chi connectivity index (χ1v) is 3.54. The summed E-state index contributed by atoms with van der Waals surface area (Å²) in [6, 6.07) is 3.34. The first kappa shape index (κ1) is 8.01. The van der Waals surface area contributed by atoms with Gasteiger partial charge < -0.3 is 9.84 Å². The van der Waals surface area contributed by atoms with E-state index in [0.717, 1.165) is 5.69 Å². The molecule has 0 unspecified atom stereocenters. The van der Waals surface area contributed by atoms with E-state index in [0.29, 0.717) is 13.2 Å². The van der Waals surface area contributed by atoms with Crippen molar-refractivity contribution in [3.05, 3.63) is 24.0 Å². The highest BCUT2D eigenvalue weighted by molar-refractivity contribution is 5.17. The summed E-state index contributed by atoms with van der Waals surface area (Å²) in [5.41, 5.74) is 0.838. The maximum Gasteiger partial charge on any atom is 0.133 e. The van der Waals surface area contributed by atoms with Gasteiger partial charge in [-0.25, -0.2) is 0 Å². The number of rotatable bonds is 3. The van der Waals surface area contributed by atoms with E-state index in [1.54, 1.807) is 12.1 Å². The zero-order valence-corrected chi connectivity index (χ0v) is 6.45. The number of hydrogen-bond donors (Lipinski definition) is 1. The molecule has 11 heavy (non-hydrogen) atoms. The summed E-state index contributed by atoms with van der Waals surface area (Å²) in [6.45, 7) is 3.12. The second-order valence-corrected chi connectivity index (χ2v) is 2.14. The molecule has 0 aromatic carbocycles. The van der Waals surface area contributed by atoms with Crippen LogP contribution in [0.15, 0.2) is 18.3 Å². The van der Waals surface area contributed by atoms with E-state index >= 15 is 0 Å². The molecule has 0 radical (unpaired) electrons. The van der Waals surface area contributed by atoms with Crippen LogP contribution in [0.5, 0.6) is 5.75 Å². The lowest BCUT2D eigenvalue weighted by atomic mass is 10.3. The molecule has 1 aromatic heterocycles. The number of pyridine rings is 1. The van der Waals surface area contributed by atoms with Gasteiger partial charge in [-0.05, 0) is 19.1 Å². The predicted octanol–water partition coefficient (Wildman–Crippen LogP) is 1.32. The molecule has 60 valence electrons. The summed E-state index contributed by atoms with van der Waals surface area (Å²) in [7, 11) is 0. The normalized spacial score (nSPS) is 9.91. The van der Waals surface area contributed by atoms with Gasteiger partial charge in [0.25, 0.3) is 0 Å². The van der Waals surface area contributed by atoms with Crippen LogP contribution < -0.4 is 0 Å². The van der Waals surface area contributed by atoms with Gasteiger partial charge in [0.2, 0.25) is 0 Å². The molecule has 0 saturated heterocycles. The van der Waals surface area contributed by atoms with Crippen molar-refractivity contribution in [2.45, 2.75) is 13.5 Å². The van der Waals surface area contributed by atoms with Gasteiger partial charge >= 0.3 is 0 Å². The second kappa shape index (κ2) is 3.93. The zero-order chi connectivity index (χ0) is 8.10. The number of ether oxygens (including phenoxy) is 1. The van der Waals surface area contributed by atoms with Crippen molar-refractivity contribution >= 4 is 0 Å². The predicted molar refractivity (Wildman–Crippen MR) is 41.2 cm³/mol. The summed E-state index contributed by atoms with van der Waals surface area (Å²) in [4.78, 5) is 3.94. The van der Waals surface area contributed by atoms with E-state index in [4.69, 9.17) is 9.84 Å². The molecule has 0 fully saturated rings. The van der Waals surface area contributed by atoms with Gasteiger partial charge in [0, 0.05) is 6.61 Å². The third-order valence-corrected chi connectivity index (χ3v) is 1.26. The van der Waals surface area contributed by atoms with Gasteiger partial charge in [0.15, 0.2) is 0 Å². The van der Waals surface area contributed by atoms with Crippen molar-refractivity contribution in [1.82, 2.24) is 4.98 Å². The minimum Gasteiger partial charge on any atom is -0.506 e. The molecule has 1 aromatic rings. The lowest BCUT2D eigenvalue weighted by Gasteiger charge is -1.99. The van der Waals surface area contributed by atoms with E-state index < -0.39 is 0 Å². The van der Waals surface area contributed by atoms with Crippen LogP contribution in [-0.4, -0.2) is 16.7 Å². The van der Waals surface area contributed by atoms with Crippen molar-refractivity contribution in [3.63, 3.8) is 0 Å². The molecule has 0 aliphatic rings. The maximum absolute atomic E-state index is 8.88. The van der Waals surface area contributed by atoms with Crippen molar-refractivity contribution in [1.29, 1.82) is 0 Å². The summed E-state index contributed by atoms with van der Waals surface area (Å²) in [5, 5.41) is 8.88. The Kier molecular flexibility index (Phi) is 2.86. The number of aromatic nitrogens is 1. The van der Waals surface area contributed by atoms with Crippen LogP contribution in [0.3, 0.4) is 0 Å². The second-order valence-electron chi connectivity index (χ2n) is 2.14. The van der Waals surface area contributed by atoms with Gasteiger partial charge in [-0.15, -0.1) is 0 Å². The van der Waals surface area contributed by atoms with E-state index in [1.807, 2.05) is 6.92 Å². The first-order chi connectivity index (χ1) is 5.33. The fourth-order valence-electron chi connectivity index (χ4n) is 0.709. The fourth-order valence-corrected chi connectivity index (χ4v) is 0.709.